The van der Waals surface area contributed by atoms with Gasteiger partial charge in [-0.05, 0) is 145 Å². The van der Waals surface area contributed by atoms with Gasteiger partial charge in [0.15, 0.2) is 6.61 Å². The first-order valence-corrected chi connectivity index (χ1v) is 31.6. The summed E-state index contributed by atoms with van der Waals surface area (Å²) in [6.45, 7) is 11.7. The molecule has 28 nitrogen and oxygen atoms in total. The van der Waals surface area contributed by atoms with Gasteiger partial charge in [-0.2, -0.15) is 0 Å². The molecular weight excluding hydrogens is 1280 g/mol. The molecule has 0 aliphatic heterocycles. The van der Waals surface area contributed by atoms with Gasteiger partial charge in [0.25, 0.3) is 0 Å². The molecule has 99 heavy (non-hydrogen) atoms. The fourth-order valence-electron chi connectivity index (χ4n) is 8.43. The van der Waals surface area contributed by atoms with Crippen LogP contribution in [0.4, 0.5) is 83.9 Å². The molecule has 0 radical (unpaired) electrons. The first-order valence-electron chi connectivity index (χ1n) is 31.6. The van der Waals surface area contributed by atoms with Gasteiger partial charge in [-0.1, -0.05) is 30.2 Å². The number of aryl methyl sites for hydroxylation is 4. The first-order chi connectivity index (χ1) is 47.4. The van der Waals surface area contributed by atoms with Crippen LogP contribution in [0.1, 0.15) is 88.5 Å². The van der Waals surface area contributed by atoms with Gasteiger partial charge in [0, 0.05) is 64.8 Å². The van der Waals surface area contributed by atoms with Gasteiger partial charge in [0.05, 0.1) is 77.6 Å². The van der Waals surface area contributed by atoms with Gasteiger partial charge in [0.2, 0.25) is 0 Å². The third kappa shape index (κ3) is 32.6. The molecule has 0 aliphatic carbocycles. The standard InChI is InChI=1S/C71H88N8O20/c1-13-17-20-32-92-65(82)77-59-35-55(27-23-47(59)5)72-63(80)95-42-51(9)96-46-71(43-88-39-52(10)97-68(85)73-56-28-24-48(6)60(36-56)76-64(81)91-31-16-4,44-89-40-53(11)98-69(86)74-57-29-25-49(7)61(37-57)78-66(83)93-33-21-18-14-2)45-90-41-54(12)99-70(87)75-58-30-26-50(8)62(38-58)79-67(84)94-34-22-19-15-3/h1-4,23-30,35-38,51-54H,17-22,31-34,39-46H2,5-12H3,(H,72,80)(H,73,85)(H,74,86)(H,75,87)(H,76,81)(H,77,82)(H,78,83)(H,79,84). The third-order valence-electron chi connectivity index (χ3n) is 13.6. The lowest BCUT2D eigenvalue weighted by atomic mass is 9.92. The molecule has 0 spiro atoms. The minimum atomic E-state index is -1.30. The van der Waals surface area contributed by atoms with E-state index in [1.165, 1.54) is 24.3 Å². The van der Waals surface area contributed by atoms with Crippen LogP contribution in [0.15, 0.2) is 72.8 Å². The molecule has 0 aliphatic rings. The van der Waals surface area contributed by atoms with Crippen LogP contribution in [-0.2, 0) is 56.8 Å². The monoisotopic (exact) mass is 1370 g/mol. The highest BCUT2D eigenvalue weighted by Gasteiger charge is 2.35. The number of unbranched alkanes of at least 4 members (excludes halogenated alkanes) is 3. The SMILES string of the molecule is C#CCCCOC(=O)Nc1cc(NC(=O)OCC(C)OCC(COCC(C)OC(=O)Nc2ccc(C)c(NC(=O)OCC#C)c2)(COCC(C)OC(=O)Nc2ccc(C)c(NC(=O)OCCCC#C)c2)COCC(C)OC(=O)Nc2ccc(C)c(NC(=O)OCCCC#C)c2)ccc1C. The van der Waals surface area contributed by atoms with Crippen molar-refractivity contribution in [2.24, 2.45) is 5.41 Å². The Balaban J connectivity index is 1.55. The van der Waals surface area contributed by atoms with Gasteiger partial charge in [-0.3, -0.25) is 42.5 Å². The second-order valence-electron chi connectivity index (χ2n) is 22.6. The maximum atomic E-state index is 13.3. The summed E-state index contributed by atoms with van der Waals surface area (Å²) in [5.74, 6) is 9.65. The first kappa shape index (κ1) is 80.6. The summed E-state index contributed by atoms with van der Waals surface area (Å²) in [5.41, 5.74) is 4.02. The second-order valence-corrected chi connectivity index (χ2v) is 22.6. The molecule has 4 unspecified atom stereocenters. The number of carbonyl (C=O) groups excluding carboxylic acids is 8. The van der Waals surface area contributed by atoms with Crippen molar-refractivity contribution in [2.75, 3.05) is 122 Å². The number of terminal acetylenes is 4. The van der Waals surface area contributed by atoms with E-state index < -0.39 is 78.6 Å². The fourth-order valence-corrected chi connectivity index (χ4v) is 8.43. The van der Waals surface area contributed by atoms with E-state index in [4.69, 9.17) is 82.5 Å². The largest absolute Gasteiger partial charge is 0.449 e. The van der Waals surface area contributed by atoms with E-state index in [1.54, 1.807) is 104 Å². The Bertz CT molecular complexity index is 3410. The number of rotatable bonds is 38. The van der Waals surface area contributed by atoms with Crippen molar-refractivity contribution in [2.45, 2.75) is 118 Å². The zero-order chi connectivity index (χ0) is 72.5. The van der Waals surface area contributed by atoms with Crippen molar-refractivity contribution in [1.29, 1.82) is 0 Å². The van der Waals surface area contributed by atoms with E-state index >= 15 is 0 Å². The second kappa shape index (κ2) is 44.0. The summed E-state index contributed by atoms with van der Waals surface area (Å²) in [5, 5.41) is 21.1. The highest BCUT2D eigenvalue weighted by molar-refractivity contribution is 5.93. The number of anilines is 8. The minimum absolute atomic E-state index is 0.115. The maximum absolute atomic E-state index is 13.3. The van der Waals surface area contributed by atoms with Crippen molar-refractivity contribution in [3.63, 3.8) is 0 Å². The quantitative estimate of drug-likeness (QED) is 0.0117. The van der Waals surface area contributed by atoms with E-state index in [0.717, 1.165) is 0 Å². The van der Waals surface area contributed by atoms with Gasteiger partial charge in [0.1, 0.15) is 24.9 Å². The lowest BCUT2D eigenvalue weighted by Crippen LogP contribution is -2.44. The smallest absolute Gasteiger partial charge is 0.412 e. The molecule has 8 amide bonds. The molecule has 532 valence electrons. The van der Waals surface area contributed by atoms with Crippen LogP contribution in [0.25, 0.3) is 0 Å². The van der Waals surface area contributed by atoms with Gasteiger partial charge in [-0.25, -0.2) is 38.4 Å². The molecule has 4 atom stereocenters. The molecule has 0 fully saturated rings. The Morgan fingerprint density at radius 2 is 0.657 bits per heavy atom. The number of amides is 8. The summed E-state index contributed by atoms with van der Waals surface area (Å²) in [7, 11) is 0. The highest BCUT2D eigenvalue weighted by Crippen LogP contribution is 2.27. The molecular formula is C71H88N8O20. The minimum Gasteiger partial charge on any atom is -0.449 e. The Labute approximate surface area is 577 Å². The molecule has 8 N–H and O–H groups in total. The Hall–Kier alpha value is -10.9. The number of benzene rings is 4. The number of nitrogens with one attached hydrogen (secondary N) is 8. The van der Waals surface area contributed by atoms with Crippen LogP contribution >= 0.6 is 0 Å². The summed E-state index contributed by atoms with van der Waals surface area (Å²) in [6.07, 6.45) is 14.0. The predicted molar refractivity (Wildman–Crippen MR) is 372 cm³/mol. The zero-order valence-electron chi connectivity index (χ0n) is 56.9. The molecule has 0 heterocycles. The van der Waals surface area contributed by atoms with Gasteiger partial charge >= 0.3 is 48.7 Å². The summed E-state index contributed by atoms with van der Waals surface area (Å²) in [4.78, 5) is 103. The molecule has 0 aromatic heterocycles. The average Bonchev–Trinajstić information content (AvgIpc) is 1.01. The number of hydrogen-bond acceptors (Lipinski definition) is 20. The molecule has 28 heteroatoms. The molecule has 0 saturated heterocycles. The summed E-state index contributed by atoms with van der Waals surface area (Å²) in [6, 6.07) is 19.2. The summed E-state index contributed by atoms with van der Waals surface area (Å²) >= 11 is 0. The zero-order valence-corrected chi connectivity index (χ0v) is 56.9. The predicted octanol–water partition coefficient (Wildman–Crippen LogP) is 12.9. The molecule has 4 rings (SSSR count). The van der Waals surface area contributed by atoms with Crippen LogP contribution < -0.4 is 42.5 Å². The van der Waals surface area contributed by atoms with Crippen molar-refractivity contribution < 1.29 is 95.2 Å². The average molecular weight is 1370 g/mol. The van der Waals surface area contributed by atoms with E-state index in [9.17, 15) is 38.4 Å². The van der Waals surface area contributed by atoms with Gasteiger partial charge < -0.3 is 56.8 Å². The van der Waals surface area contributed by atoms with E-state index in [1.807, 2.05) is 0 Å². The maximum Gasteiger partial charge on any atom is 0.412 e. The van der Waals surface area contributed by atoms with Crippen LogP contribution in [0.3, 0.4) is 0 Å². The highest BCUT2D eigenvalue weighted by atomic mass is 16.6. The molecule has 4 aromatic rings. The van der Waals surface area contributed by atoms with E-state index in [0.29, 0.717) is 101 Å². The van der Waals surface area contributed by atoms with Crippen molar-refractivity contribution in [3.05, 3.63) is 95.1 Å². The topological polar surface area (TPSA) is 344 Å². The van der Waals surface area contributed by atoms with Crippen LogP contribution in [0, 0.1) is 82.5 Å². The lowest BCUT2D eigenvalue weighted by molar-refractivity contribution is -0.135. The molecule has 0 saturated carbocycles. The number of hydrogen-bond donors (Lipinski definition) is 8. The Kier molecular flexibility index (Phi) is 35.8. The molecule has 4 aromatic carbocycles. The van der Waals surface area contributed by atoms with Crippen molar-refractivity contribution >= 4 is 94.2 Å². The molecule has 0 bridgehead atoms. The van der Waals surface area contributed by atoms with Crippen LogP contribution in [0.2, 0.25) is 0 Å². The Morgan fingerprint density at radius 3 is 0.960 bits per heavy atom. The van der Waals surface area contributed by atoms with Crippen molar-refractivity contribution in [3.8, 4) is 49.4 Å². The van der Waals surface area contributed by atoms with Crippen molar-refractivity contribution in [1.82, 2.24) is 0 Å². The lowest BCUT2D eigenvalue weighted by Gasteiger charge is -2.34. The van der Waals surface area contributed by atoms with E-state index in [2.05, 4.69) is 66.2 Å². The normalized spacial score (nSPS) is 12.3. The summed E-state index contributed by atoms with van der Waals surface area (Å²) < 4.78 is 68.3. The number of ether oxygens (including phenoxy) is 12. The third-order valence-corrected chi connectivity index (χ3v) is 13.6. The van der Waals surface area contributed by atoms with Gasteiger partial charge in [-0.15, -0.1) is 43.5 Å². The van der Waals surface area contributed by atoms with Crippen LogP contribution in [-0.4, -0.2) is 152 Å². The fraction of sp³-hybridized carbons (Fsp3) is 0.437. The number of carbonyl (C=O) groups is 8. The van der Waals surface area contributed by atoms with E-state index in [-0.39, 0.29) is 85.0 Å². The Morgan fingerprint density at radius 1 is 0.364 bits per heavy atom. The van der Waals surface area contributed by atoms with Crippen LogP contribution in [0.5, 0.6) is 0 Å².